The number of carbonyl (C=O) groups excluding carboxylic acids is 4. The number of ketones is 1. The number of benzene rings is 1. The smallest absolute Gasteiger partial charge is 0.326 e. The molecule has 1 atom stereocenters. The molecule has 1 aromatic rings. The summed E-state index contributed by atoms with van der Waals surface area (Å²) in [4.78, 5) is 48.5. The van der Waals surface area contributed by atoms with E-state index in [0.717, 1.165) is 9.37 Å². The molecule has 0 aliphatic carbocycles. The topological polar surface area (TPSA) is 92.8 Å². The van der Waals surface area contributed by atoms with Crippen LogP contribution in [0, 0.1) is 0 Å². The molecule has 1 aliphatic heterocycles. The molecule has 3 amide bonds. The molecule has 1 aromatic carbocycles. The Morgan fingerprint density at radius 3 is 2.42 bits per heavy atom. The molecular weight excluding hydrogens is 380 g/mol. The number of imide groups is 1. The first-order chi connectivity index (χ1) is 11.3. The summed E-state index contributed by atoms with van der Waals surface area (Å²) in [5, 5.41) is 2.54. The zero-order valence-corrected chi connectivity index (χ0v) is 14.9. The monoisotopic (exact) mass is 396 g/mol. The molecule has 24 heavy (non-hydrogen) atoms. The van der Waals surface area contributed by atoms with E-state index >= 15 is 0 Å². The Kier molecular flexibility index (Phi) is 5.38. The van der Waals surface area contributed by atoms with Crippen LogP contribution >= 0.6 is 15.9 Å². The van der Waals surface area contributed by atoms with Gasteiger partial charge in [0, 0.05) is 10.0 Å². The van der Waals surface area contributed by atoms with Crippen LogP contribution in [0.3, 0.4) is 0 Å². The van der Waals surface area contributed by atoms with Crippen LogP contribution in [0.15, 0.2) is 28.7 Å². The minimum Gasteiger partial charge on any atom is -0.456 e. The van der Waals surface area contributed by atoms with Gasteiger partial charge in [-0.2, -0.15) is 0 Å². The molecule has 1 saturated heterocycles. The van der Waals surface area contributed by atoms with E-state index in [1.54, 1.807) is 38.1 Å². The van der Waals surface area contributed by atoms with Gasteiger partial charge in [-0.25, -0.2) is 4.79 Å². The van der Waals surface area contributed by atoms with Crippen LogP contribution in [-0.2, 0) is 14.3 Å². The van der Waals surface area contributed by atoms with Crippen molar-refractivity contribution in [3.8, 4) is 0 Å². The fraction of sp³-hybridized carbons (Fsp3) is 0.375. The molecule has 128 valence electrons. The Bertz CT molecular complexity index is 688. The van der Waals surface area contributed by atoms with Gasteiger partial charge in [0.25, 0.3) is 5.91 Å². The Morgan fingerprint density at radius 1 is 1.25 bits per heavy atom. The van der Waals surface area contributed by atoms with Gasteiger partial charge in [-0.1, -0.05) is 35.0 Å². The SMILES string of the molecule is CC[C@]1(C)NC(=O)N(CC(=O)OCC(=O)c2ccc(Br)cc2)C1=O. The molecule has 1 aliphatic rings. The summed E-state index contributed by atoms with van der Waals surface area (Å²) in [6.45, 7) is 2.38. The van der Waals surface area contributed by atoms with E-state index in [0.29, 0.717) is 12.0 Å². The summed E-state index contributed by atoms with van der Waals surface area (Å²) >= 11 is 3.26. The first-order valence-corrected chi connectivity index (χ1v) is 8.14. The van der Waals surface area contributed by atoms with Crippen LogP contribution in [-0.4, -0.2) is 47.3 Å². The van der Waals surface area contributed by atoms with Gasteiger partial charge in [0.05, 0.1) is 0 Å². The highest BCUT2D eigenvalue weighted by molar-refractivity contribution is 9.10. The highest BCUT2D eigenvalue weighted by Crippen LogP contribution is 2.20. The average Bonchev–Trinajstić information content (AvgIpc) is 2.77. The van der Waals surface area contributed by atoms with E-state index in [-0.39, 0.29) is 5.78 Å². The second kappa shape index (κ2) is 7.12. The molecule has 2 rings (SSSR count). The lowest BCUT2D eigenvalue weighted by atomic mass is 9.99. The van der Waals surface area contributed by atoms with Crippen LogP contribution in [0.1, 0.15) is 30.6 Å². The number of hydrogen-bond acceptors (Lipinski definition) is 5. The maximum Gasteiger partial charge on any atom is 0.326 e. The summed E-state index contributed by atoms with van der Waals surface area (Å²) in [6.07, 6.45) is 0.408. The van der Waals surface area contributed by atoms with Gasteiger partial charge in [0.1, 0.15) is 12.1 Å². The number of rotatable bonds is 6. The number of halogens is 1. The molecular formula is C16H17BrN2O5. The number of ether oxygens (including phenoxy) is 1. The molecule has 0 radical (unpaired) electrons. The standard InChI is InChI=1S/C16H17BrN2O5/c1-3-16(2)14(22)19(15(23)18-16)8-13(21)24-9-12(20)10-4-6-11(17)7-5-10/h4-7H,3,8-9H2,1-2H3,(H,18,23)/t16-/m0/s1. The predicted molar refractivity (Wildman–Crippen MR) is 88.4 cm³/mol. The van der Waals surface area contributed by atoms with E-state index < -0.39 is 36.6 Å². The van der Waals surface area contributed by atoms with E-state index in [1.807, 2.05) is 0 Å². The van der Waals surface area contributed by atoms with Gasteiger partial charge in [0.2, 0.25) is 0 Å². The third kappa shape index (κ3) is 3.81. The molecule has 7 nitrogen and oxygen atoms in total. The number of Topliss-reactive ketones (excluding diaryl/α,β-unsaturated/α-hetero) is 1. The number of amides is 3. The Labute approximate surface area is 147 Å². The molecule has 0 bridgehead atoms. The van der Waals surface area contributed by atoms with Gasteiger partial charge in [0.15, 0.2) is 12.4 Å². The number of urea groups is 1. The lowest BCUT2D eigenvalue weighted by Crippen LogP contribution is -2.43. The van der Waals surface area contributed by atoms with Crippen molar-refractivity contribution in [2.24, 2.45) is 0 Å². The van der Waals surface area contributed by atoms with Crippen molar-refractivity contribution in [3.63, 3.8) is 0 Å². The van der Waals surface area contributed by atoms with Crippen LogP contribution < -0.4 is 5.32 Å². The number of carbonyl (C=O) groups is 4. The van der Waals surface area contributed by atoms with Crippen molar-refractivity contribution in [3.05, 3.63) is 34.3 Å². The second-order valence-electron chi connectivity index (χ2n) is 5.60. The van der Waals surface area contributed by atoms with Crippen molar-refractivity contribution < 1.29 is 23.9 Å². The predicted octanol–water partition coefficient (Wildman–Crippen LogP) is 1.90. The van der Waals surface area contributed by atoms with Crippen LogP contribution in [0.4, 0.5) is 4.79 Å². The van der Waals surface area contributed by atoms with E-state index in [9.17, 15) is 19.2 Å². The maximum absolute atomic E-state index is 12.2. The Morgan fingerprint density at radius 2 is 1.88 bits per heavy atom. The number of hydrogen-bond donors (Lipinski definition) is 1. The third-order valence-electron chi connectivity index (χ3n) is 3.87. The first-order valence-electron chi connectivity index (χ1n) is 7.35. The van der Waals surface area contributed by atoms with Gasteiger partial charge < -0.3 is 10.1 Å². The zero-order valence-electron chi connectivity index (χ0n) is 13.3. The normalized spacial score (nSPS) is 20.0. The van der Waals surface area contributed by atoms with Crippen molar-refractivity contribution in [2.75, 3.05) is 13.2 Å². The summed E-state index contributed by atoms with van der Waals surface area (Å²) in [6, 6.07) is 5.97. The molecule has 8 heteroatoms. The summed E-state index contributed by atoms with van der Waals surface area (Å²) in [7, 11) is 0. The van der Waals surface area contributed by atoms with E-state index in [4.69, 9.17) is 4.74 Å². The van der Waals surface area contributed by atoms with Crippen LogP contribution in [0.2, 0.25) is 0 Å². The van der Waals surface area contributed by atoms with Crippen LogP contribution in [0.25, 0.3) is 0 Å². The van der Waals surface area contributed by atoms with Crippen molar-refractivity contribution in [1.29, 1.82) is 0 Å². The minimum absolute atomic E-state index is 0.369. The van der Waals surface area contributed by atoms with Crippen molar-refractivity contribution in [1.82, 2.24) is 10.2 Å². The molecule has 0 saturated carbocycles. The molecule has 1 fully saturated rings. The van der Waals surface area contributed by atoms with Gasteiger partial charge >= 0.3 is 12.0 Å². The largest absolute Gasteiger partial charge is 0.456 e. The van der Waals surface area contributed by atoms with Crippen molar-refractivity contribution in [2.45, 2.75) is 25.8 Å². The van der Waals surface area contributed by atoms with E-state index in [2.05, 4.69) is 21.2 Å². The average molecular weight is 397 g/mol. The lowest BCUT2D eigenvalue weighted by Gasteiger charge is -2.18. The second-order valence-corrected chi connectivity index (χ2v) is 6.51. The third-order valence-corrected chi connectivity index (χ3v) is 4.40. The van der Waals surface area contributed by atoms with Gasteiger partial charge in [-0.05, 0) is 25.5 Å². The zero-order chi connectivity index (χ0) is 17.9. The minimum atomic E-state index is -1.01. The molecule has 0 unspecified atom stereocenters. The number of esters is 1. The van der Waals surface area contributed by atoms with E-state index in [1.165, 1.54) is 0 Å². The van der Waals surface area contributed by atoms with Crippen LogP contribution in [0.5, 0.6) is 0 Å². The number of nitrogens with zero attached hydrogens (tertiary/aromatic N) is 1. The molecule has 0 spiro atoms. The first kappa shape index (κ1) is 18.1. The fourth-order valence-corrected chi connectivity index (χ4v) is 2.43. The fourth-order valence-electron chi connectivity index (χ4n) is 2.17. The number of nitrogens with one attached hydrogen (secondary N) is 1. The quantitative estimate of drug-likeness (QED) is 0.450. The molecule has 1 N–H and O–H groups in total. The Hall–Kier alpha value is -2.22. The summed E-state index contributed by atoms with van der Waals surface area (Å²) < 4.78 is 5.70. The molecule has 0 aromatic heterocycles. The maximum atomic E-state index is 12.2. The summed E-state index contributed by atoms with van der Waals surface area (Å²) in [5.74, 6) is -1.66. The van der Waals surface area contributed by atoms with Crippen molar-refractivity contribution >= 4 is 39.6 Å². The highest BCUT2D eigenvalue weighted by Gasteiger charge is 2.47. The van der Waals surface area contributed by atoms with Gasteiger partial charge in [-0.15, -0.1) is 0 Å². The summed E-state index contributed by atoms with van der Waals surface area (Å²) in [5.41, 5.74) is -0.607. The van der Waals surface area contributed by atoms with Gasteiger partial charge in [-0.3, -0.25) is 19.3 Å². The Balaban J connectivity index is 1.90. The lowest BCUT2D eigenvalue weighted by molar-refractivity contribution is -0.146. The highest BCUT2D eigenvalue weighted by atomic mass is 79.9. The molecule has 1 heterocycles.